The number of hydrogen-bond donors (Lipinski definition) is 1. The average Bonchev–Trinajstić information content (AvgIpc) is 2.65. The zero-order valence-electron chi connectivity index (χ0n) is 13.3. The number of hydrogen-bond acceptors (Lipinski definition) is 7. The number of ether oxygens (including phenoxy) is 2. The van der Waals surface area contributed by atoms with Crippen LogP contribution in [0.4, 0.5) is 0 Å². The molecule has 1 N–H and O–H groups in total. The van der Waals surface area contributed by atoms with Crippen molar-refractivity contribution in [3.05, 3.63) is 23.8 Å². The minimum atomic E-state index is -0.851. The van der Waals surface area contributed by atoms with Gasteiger partial charge in [-0.15, -0.1) is 0 Å². The van der Waals surface area contributed by atoms with Crippen LogP contribution in [-0.4, -0.2) is 38.9 Å². The average molecular weight is 327 g/mol. The third kappa shape index (κ3) is 2.94. The SMILES string of the molecule is COc1ccc(OC)c(C2[C@@H](C#N)[C@@H](C=O)N[C@H](C=O)[C@@H]2C#N)c1. The molecule has 1 heterocycles. The van der Waals surface area contributed by atoms with Crippen molar-refractivity contribution in [1.82, 2.24) is 5.32 Å². The standard InChI is InChI=1S/C17H17N3O4/c1-23-10-3-4-16(24-2)11(5-10)17-12(6-18)14(8-21)20-15(9-22)13(17)7-19/h3-5,8-9,12-15,17,20H,1-2H3/t12-,13-,14+,15+/m0/s1. The zero-order valence-corrected chi connectivity index (χ0v) is 13.3. The Labute approximate surface area is 139 Å². The molecular weight excluding hydrogens is 310 g/mol. The van der Waals surface area contributed by atoms with E-state index >= 15 is 0 Å². The van der Waals surface area contributed by atoms with Crippen LogP contribution >= 0.6 is 0 Å². The molecule has 124 valence electrons. The third-order valence-electron chi connectivity index (χ3n) is 4.32. The van der Waals surface area contributed by atoms with E-state index in [1.54, 1.807) is 18.2 Å². The van der Waals surface area contributed by atoms with Crippen LogP contribution in [0.3, 0.4) is 0 Å². The number of benzene rings is 1. The first-order valence-electron chi connectivity index (χ1n) is 7.32. The Morgan fingerprint density at radius 3 is 2.04 bits per heavy atom. The highest BCUT2D eigenvalue weighted by molar-refractivity contribution is 5.67. The minimum Gasteiger partial charge on any atom is -0.497 e. The molecule has 24 heavy (non-hydrogen) atoms. The van der Waals surface area contributed by atoms with Crippen LogP contribution < -0.4 is 14.8 Å². The molecule has 1 fully saturated rings. The van der Waals surface area contributed by atoms with E-state index in [0.29, 0.717) is 29.6 Å². The van der Waals surface area contributed by atoms with Crippen LogP contribution in [0, 0.1) is 34.5 Å². The Balaban J connectivity index is 2.65. The minimum absolute atomic E-state index is 0.470. The summed E-state index contributed by atoms with van der Waals surface area (Å²) in [7, 11) is 2.98. The molecule has 1 saturated heterocycles. The van der Waals surface area contributed by atoms with Crippen molar-refractivity contribution < 1.29 is 19.1 Å². The first kappa shape index (κ1) is 17.5. The number of carbonyl (C=O) groups is 2. The van der Waals surface area contributed by atoms with Gasteiger partial charge in [-0.3, -0.25) is 5.32 Å². The normalized spacial score (nSPS) is 28.9. The second-order valence-corrected chi connectivity index (χ2v) is 5.43. The van der Waals surface area contributed by atoms with Crippen molar-refractivity contribution >= 4 is 12.6 Å². The molecule has 7 nitrogen and oxygen atoms in total. The van der Waals surface area contributed by atoms with Gasteiger partial charge in [-0.2, -0.15) is 10.5 Å². The van der Waals surface area contributed by atoms with Crippen molar-refractivity contribution in [2.45, 2.75) is 18.0 Å². The molecule has 0 bridgehead atoms. The number of rotatable bonds is 5. The molecule has 0 unspecified atom stereocenters. The predicted octanol–water partition coefficient (Wildman–Crippen LogP) is 0.805. The number of nitrogens with one attached hydrogen (secondary N) is 1. The molecular formula is C17H17N3O4. The Morgan fingerprint density at radius 2 is 1.62 bits per heavy atom. The molecule has 1 aliphatic rings. The van der Waals surface area contributed by atoms with Crippen molar-refractivity contribution in [3.8, 4) is 23.6 Å². The lowest BCUT2D eigenvalue weighted by Crippen LogP contribution is -2.56. The van der Waals surface area contributed by atoms with E-state index < -0.39 is 29.8 Å². The van der Waals surface area contributed by atoms with E-state index in [1.807, 2.05) is 0 Å². The number of carbonyl (C=O) groups excluding carboxylic acids is 2. The fraction of sp³-hybridized carbons (Fsp3) is 0.412. The lowest BCUT2D eigenvalue weighted by molar-refractivity contribution is -0.114. The van der Waals surface area contributed by atoms with Gasteiger partial charge in [0.05, 0.1) is 50.3 Å². The second-order valence-electron chi connectivity index (χ2n) is 5.43. The second kappa shape index (κ2) is 7.58. The van der Waals surface area contributed by atoms with Gasteiger partial charge in [0.2, 0.25) is 0 Å². The maximum absolute atomic E-state index is 11.4. The van der Waals surface area contributed by atoms with Gasteiger partial charge in [-0.1, -0.05) is 0 Å². The summed E-state index contributed by atoms with van der Waals surface area (Å²) in [6.45, 7) is 0. The summed E-state index contributed by atoms with van der Waals surface area (Å²) in [6, 6.07) is 7.53. The van der Waals surface area contributed by atoms with Gasteiger partial charge >= 0.3 is 0 Å². The van der Waals surface area contributed by atoms with Gasteiger partial charge < -0.3 is 19.1 Å². The first-order chi connectivity index (χ1) is 11.6. The Hall–Kier alpha value is -2.90. The summed E-state index contributed by atoms with van der Waals surface area (Å²) >= 11 is 0. The molecule has 0 saturated carbocycles. The Kier molecular flexibility index (Phi) is 5.51. The van der Waals surface area contributed by atoms with Gasteiger partial charge in [-0.25, -0.2) is 0 Å². The molecule has 0 aromatic heterocycles. The fourth-order valence-electron chi connectivity index (χ4n) is 3.16. The van der Waals surface area contributed by atoms with Crippen LogP contribution in [0.25, 0.3) is 0 Å². The number of aldehydes is 2. The van der Waals surface area contributed by atoms with E-state index in [4.69, 9.17) is 9.47 Å². The number of nitriles is 2. The molecule has 7 heteroatoms. The molecule has 4 atom stereocenters. The van der Waals surface area contributed by atoms with Crippen molar-refractivity contribution in [2.75, 3.05) is 14.2 Å². The highest BCUT2D eigenvalue weighted by atomic mass is 16.5. The van der Waals surface area contributed by atoms with Crippen LogP contribution in [0.1, 0.15) is 11.5 Å². The lowest BCUT2D eigenvalue weighted by atomic mass is 9.69. The number of piperidine rings is 1. The number of methoxy groups -OCH3 is 2. The third-order valence-corrected chi connectivity index (χ3v) is 4.32. The molecule has 1 aromatic rings. The molecule has 0 amide bonds. The maximum Gasteiger partial charge on any atom is 0.138 e. The smallest absolute Gasteiger partial charge is 0.138 e. The van der Waals surface area contributed by atoms with E-state index in [9.17, 15) is 20.1 Å². The van der Waals surface area contributed by atoms with Crippen LogP contribution in [0.5, 0.6) is 11.5 Å². The Morgan fingerprint density at radius 1 is 1.04 bits per heavy atom. The zero-order chi connectivity index (χ0) is 17.7. The molecule has 2 rings (SSSR count). The summed E-state index contributed by atoms with van der Waals surface area (Å²) in [5.74, 6) is -1.30. The topological polar surface area (TPSA) is 112 Å². The molecule has 0 spiro atoms. The molecule has 0 aliphatic carbocycles. The van der Waals surface area contributed by atoms with Crippen LogP contribution in [0.15, 0.2) is 18.2 Å². The van der Waals surface area contributed by atoms with Gasteiger partial charge in [0, 0.05) is 11.5 Å². The van der Waals surface area contributed by atoms with Gasteiger partial charge in [0.15, 0.2) is 0 Å². The van der Waals surface area contributed by atoms with E-state index in [1.165, 1.54) is 14.2 Å². The Bertz CT molecular complexity index is 675. The summed E-state index contributed by atoms with van der Waals surface area (Å²) in [6.07, 6.45) is 1.19. The molecule has 1 aliphatic heterocycles. The first-order valence-corrected chi connectivity index (χ1v) is 7.32. The lowest BCUT2D eigenvalue weighted by Gasteiger charge is -2.39. The maximum atomic E-state index is 11.4. The van der Waals surface area contributed by atoms with Crippen molar-refractivity contribution in [1.29, 1.82) is 10.5 Å². The van der Waals surface area contributed by atoms with Gasteiger partial charge in [0.25, 0.3) is 0 Å². The summed E-state index contributed by atoms with van der Waals surface area (Å²) in [4.78, 5) is 22.7. The highest BCUT2D eigenvalue weighted by Crippen LogP contribution is 2.43. The van der Waals surface area contributed by atoms with E-state index in [0.717, 1.165) is 0 Å². The van der Waals surface area contributed by atoms with Crippen molar-refractivity contribution in [3.63, 3.8) is 0 Å². The monoisotopic (exact) mass is 327 g/mol. The molecule has 1 aromatic carbocycles. The van der Waals surface area contributed by atoms with Gasteiger partial charge in [0.1, 0.15) is 24.1 Å². The van der Waals surface area contributed by atoms with E-state index in [2.05, 4.69) is 17.5 Å². The largest absolute Gasteiger partial charge is 0.497 e. The quantitative estimate of drug-likeness (QED) is 0.796. The highest BCUT2D eigenvalue weighted by Gasteiger charge is 2.46. The summed E-state index contributed by atoms with van der Waals surface area (Å²) in [5.41, 5.74) is 0.565. The van der Waals surface area contributed by atoms with Crippen LogP contribution in [-0.2, 0) is 9.59 Å². The predicted molar refractivity (Wildman–Crippen MR) is 83.3 cm³/mol. The van der Waals surface area contributed by atoms with Crippen LogP contribution in [0.2, 0.25) is 0 Å². The van der Waals surface area contributed by atoms with E-state index in [-0.39, 0.29) is 0 Å². The summed E-state index contributed by atoms with van der Waals surface area (Å²) in [5, 5.41) is 21.9. The fourth-order valence-corrected chi connectivity index (χ4v) is 3.16. The molecule has 0 radical (unpaired) electrons. The summed E-state index contributed by atoms with van der Waals surface area (Å²) < 4.78 is 10.6. The van der Waals surface area contributed by atoms with Crippen molar-refractivity contribution in [2.24, 2.45) is 11.8 Å². The number of nitrogens with zero attached hydrogens (tertiary/aromatic N) is 2. The van der Waals surface area contributed by atoms with Gasteiger partial charge in [-0.05, 0) is 18.2 Å².